The average molecular weight is 409 g/mol. The van der Waals surface area contributed by atoms with Gasteiger partial charge in [0.2, 0.25) is 10.0 Å². The first-order chi connectivity index (χ1) is 12.8. The van der Waals surface area contributed by atoms with Crippen LogP contribution < -0.4 is 10.1 Å². The number of carbonyl (C=O) groups excluding carboxylic acids is 1. The van der Waals surface area contributed by atoms with Crippen molar-refractivity contribution in [3.63, 3.8) is 0 Å². The minimum Gasteiger partial charge on any atom is -0.497 e. The highest BCUT2D eigenvalue weighted by Crippen LogP contribution is 2.37. The number of carbonyl (C=O) groups is 1. The fourth-order valence-electron chi connectivity index (χ4n) is 2.60. The average Bonchev–Trinajstić information content (AvgIpc) is 3.10. The molecule has 1 atom stereocenters. The van der Waals surface area contributed by atoms with Gasteiger partial charge >= 0.3 is 6.09 Å². The first kappa shape index (κ1) is 19.7. The summed E-state index contributed by atoms with van der Waals surface area (Å²) in [5, 5.41) is 4.47. The summed E-state index contributed by atoms with van der Waals surface area (Å²) in [6, 6.07) is 7.78. The number of alkyl carbamates (subject to hydrolysis) is 1. The summed E-state index contributed by atoms with van der Waals surface area (Å²) >= 11 is 1.40. The lowest BCUT2D eigenvalue weighted by atomic mass is 10.1. The maximum Gasteiger partial charge on any atom is 0.408 e. The number of nitrogens with one attached hydrogen (secondary N) is 1. The number of benzene rings is 1. The van der Waals surface area contributed by atoms with E-state index >= 15 is 0 Å². The van der Waals surface area contributed by atoms with Crippen LogP contribution in [0.5, 0.6) is 5.75 Å². The Morgan fingerprint density at radius 3 is 2.63 bits per heavy atom. The normalized spacial score (nSPS) is 17.4. The molecule has 9 heteroatoms. The molecule has 0 spiro atoms. The van der Waals surface area contributed by atoms with E-state index in [1.54, 1.807) is 18.2 Å². The number of amides is 1. The van der Waals surface area contributed by atoms with Gasteiger partial charge in [0, 0.05) is 6.04 Å². The highest BCUT2D eigenvalue weighted by atomic mass is 32.2. The van der Waals surface area contributed by atoms with E-state index in [4.69, 9.17) is 9.47 Å². The van der Waals surface area contributed by atoms with Gasteiger partial charge in [-0.3, -0.25) is 0 Å². The van der Waals surface area contributed by atoms with E-state index in [-0.39, 0.29) is 17.5 Å². The molecule has 1 unspecified atom stereocenters. The van der Waals surface area contributed by atoms with Crippen LogP contribution in [0.2, 0.25) is 0 Å². The Bertz CT molecular complexity index is 906. The standard InChI is InChI=1S/C18H20N2O5S2/c1-12(2)19-18(21)25-16-11-20(10-13-8-9-26-17(13)16)27(22,23)15-6-4-14(24-3)5-7-15/h4-9,12,16H,11H2,1-3H3,(H,19,21). The zero-order valence-corrected chi connectivity index (χ0v) is 16.8. The molecule has 27 heavy (non-hydrogen) atoms. The van der Waals surface area contributed by atoms with Crippen LogP contribution in [-0.4, -0.2) is 38.5 Å². The van der Waals surface area contributed by atoms with Gasteiger partial charge in [-0.05, 0) is 55.1 Å². The zero-order valence-electron chi connectivity index (χ0n) is 15.1. The van der Waals surface area contributed by atoms with Crippen LogP contribution >= 0.6 is 11.3 Å². The van der Waals surface area contributed by atoms with Crippen molar-refractivity contribution in [1.82, 2.24) is 9.62 Å². The summed E-state index contributed by atoms with van der Waals surface area (Å²) in [7, 11) is -2.33. The molecule has 1 aromatic heterocycles. The number of ether oxygens (including phenoxy) is 2. The van der Waals surface area contributed by atoms with Crippen LogP contribution in [0.25, 0.3) is 0 Å². The molecule has 1 aliphatic heterocycles. The van der Waals surface area contributed by atoms with Crippen molar-refractivity contribution < 1.29 is 22.7 Å². The Morgan fingerprint density at radius 1 is 1.30 bits per heavy atom. The number of methoxy groups -OCH3 is 1. The molecule has 0 bridgehead atoms. The van der Waals surface area contributed by atoms with Crippen molar-refractivity contribution >= 4 is 27.5 Å². The van der Waals surface area contributed by atoms with Crippen LogP contribution in [-0.2, 0) is 14.8 Å². The largest absolute Gasteiger partial charge is 0.497 e. The fourth-order valence-corrected chi connectivity index (χ4v) is 4.75. The first-order valence-corrected chi connectivity index (χ1v) is 10.6. The third kappa shape index (κ3) is 4.26. The number of rotatable bonds is 5. The predicted molar refractivity (Wildman–Crippen MR) is 101 cm³/mol. The highest BCUT2D eigenvalue weighted by Gasteiger charge is 2.37. The molecular weight excluding hydrogens is 388 g/mol. The topological polar surface area (TPSA) is 84.9 Å². The van der Waals surface area contributed by atoms with E-state index in [1.165, 1.54) is 30.6 Å². The van der Waals surface area contributed by atoms with Gasteiger partial charge in [0.15, 0.2) is 6.10 Å². The summed E-state index contributed by atoms with van der Waals surface area (Å²) in [6.45, 7) is 6.51. The molecule has 0 saturated heterocycles. The zero-order chi connectivity index (χ0) is 19.6. The molecule has 7 nitrogen and oxygen atoms in total. The van der Waals surface area contributed by atoms with E-state index in [2.05, 4.69) is 11.9 Å². The van der Waals surface area contributed by atoms with E-state index in [9.17, 15) is 13.2 Å². The predicted octanol–water partition coefficient (Wildman–Crippen LogP) is 3.02. The van der Waals surface area contributed by atoms with E-state index in [0.717, 1.165) is 9.18 Å². The molecule has 2 aromatic rings. The Morgan fingerprint density at radius 2 is 2.00 bits per heavy atom. The minimum atomic E-state index is -3.84. The van der Waals surface area contributed by atoms with Crippen LogP contribution in [0.1, 0.15) is 30.4 Å². The van der Waals surface area contributed by atoms with Crippen LogP contribution in [0.4, 0.5) is 4.79 Å². The molecule has 1 amide bonds. The Kier molecular flexibility index (Phi) is 5.73. The van der Waals surface area contributed by atoms with Gasteiger partial charge in [-0.1, -0.05) is 0 Å². The van der Waals surface area contributed by atoms with Gasteiger partial charge in [-0.2, -0.15) is 4.31 Å². The third-order valence-electron chi connectivity index (χ3n) is 3.87. The number of hydrogen-bond acceptors (Lipinski definition) is 6. The Balaban J connectivity index is 1.85. The highest BCUT2D eigenvalue weighted by molar-refractivity contribution is 7.89. The molecule has 0 fully saturated rings. The summed E-state index contributed by atoms with van der Waals surface area (Å²) in [5.41, 5.74) is 0.602. The maximum atomic E-state index is 13.0. The molecule has 2 radical (unpaired) electrons. The second-order valence-electron chi connectivity index (χ2n) is 6.21. The lowest BCUT2D eigenvalue weighted by molar-refractivity contribution is 0.0847. The number of fused-ring (bicyclic) bond motifs is 1. The quantitative estimate of drug-likeness (QED) is 0.822. The van der Waals surface area contributed by atoms with Crippen molar-refractivity contribution in [2.45, 2.75) is 30.9 Å². The Hall–Kier alpha value is -2.10. The monoisotopic (exact) mass is 408 g/mol. The van der Waals surface area contributed by atoms with E-state index < -0.39 is 22.2 Å². The summed E-state index contributed by atoms with van der Waals surface area (Å²) < 4.78 is 37.6. The maximum absolute atomic E-state index is 13.0. The molecule has 1 aliphatic rings. The lowest BCUT2D eigenvalue weighted by Crippen LogP contribution is -2.39. The van der Waals surface area contributed by atoms with Crippen molar-refractivity contribution in [3.05, 3.63) is 52.7 Å². The lowest BCUT2D eigenvalue weighted by Gasteiger charge is -2.30. The van der Waals surface area contributed by atoms with Crippen LogP contribution in [0.3, 0.4) is 0 Å². The van der Waals surface area contributed by atoms with Crippen molar-refractivity contribution in [3.8, 4) is 5.75 Å². The molecule has 1 N–H and O–H groups in total. The van der Waals surface area contributed by atoms with E-state index in [1.807, 2.05) is 19.2 Å². The third-order valence-corrected chi connectivity index (χ3v) is 6.57. The second-order valence-corrected chi connectivity index (χ2v) is 9.02. The smallest absolute Gasteiger partial charge is 0.408 e. The second kappa shape index (κ2) is 7.87. The van der Waals surface area contributed by atoms with Crippen molar-refractivity contribution in [1.29, 1.82) is 0 Å². The van der Waals surface area contributed by atoms with Crippen LogP contribution in [0, 0.1) is 6.54 Å². The fraction of sp³-hybridized carbons (Fsp3) is 0.333. The van der Waals surface area contributed by atoms with Gasteiger partial charge in [0.05, 0.1) is 23.4 Å². The minimum absolute atomic E-state index is 0.0343. The summed E-state index contributed by atoms with van der Waals surface area (Å²) in [6.07, 6.45) is -1.29. The SMILES string of the molecule is COc1ccc(S(=O)(=O)N2[C]c3ccsc3C(OC(=O)NC(C)C)C2)cc1. The molecule has 0 saturated carbocycles. The number of sulfonamides is 1. The summed E-state index contributed by atoms with van der Waals surface area (Å²) in [5.74, 6) is 0.562. The molecule has 144 valence electrons. The molecule has 3 rings (SSSR count). The molecule has 2 heterocycles. The number of nitrogens with zero attached hydrogens (tertiary/aromatic N) is 1. The Labute approximate surface area is 163 Å². The molecule has 0 aliphatic carbocycles. The molecule has 1 aromatic carbocycles. The van der Waals surface area contributed by atoms with Crippen molar-refractivity contribution in [2.24, 2.45) is 0 Å². The van der Waals surface area contributed by atoms with E-state index in [0.29, 0.717) is 11.3 Å². The first-order valence-electron chi connectivity index (χ1n) is 8.29. The van der Waals surface area contributed by atoms with Gasteiger partial charge < -0.3 is 14.8 Å². The van der Waals surface area contributed by atoms with Gasteiger partial charge in [0.1, 0.15) is 12.3 Å². The number of thiophene rings is 1. The van der Waals surface area contributed by atoms with Gasteiger partial charge in [-0.25, -0.2) is 13.2 Å². The van der Waals surface area contributed by atoms with Gasteiger partial charge in [0.25, 0.3) is 0 Å². The number of hydrogen-bond donors (Lipinski definition) is 1. The summed E-state index contributed by atoms with van der Waals surface area (Å²) in [4.78, 5) is 12.9. The van der Waals surface area contributed by atoms with Crippen LogP contribution in [0.15, 0.2) is 40.6 Å². The van der Waals surface area contributed by atoms with Gasteiger partial charge in [-0.15, -0.1) is 11.3 Å². The van der Waals surface area contributed by atoms with Crippen molar-refractivity contribution in [2.75, 3.05) is 13.7 Å². The molecular formula is C18H20N2O5S2.